The van der Waals surface area contributed by atoms with E-state index in [1.165, 1.54) is 6.26 Å². The SMILES string of the molecule is Cc1ncsc1CNc1cccc(S(C)(=O)=O)c1. The Morgan fingerprint density at radius 3 is 2.78 bits per heavy atom. The molecule has 6 heteroatoms. The molecule has 0 aliphatic carbocycles. The molecule has 18 heavy (non-hydrogen) atoms. The molecule has 0 radical (unpaired) electrons. The minimum absolute atomic E-state index is 0.327. The van der Waals surface area contributed by atoms with E-state index in [-0.39, 0.29) is 0 Å². The van der Waals surface area contributed by atoms with E-state index in [4.69, 9.17) is 0 Å². The van der Waals surface area contributed by atoms with Crippen LogP contribution in [0.1, 0.15) is 10.6 Å². The summed E-state index contributed by atoms with van der Waals surface area (Å²) in [5.74, 6) is 0. The molecule has 0 aliphatic rings. The van der Waals surface area contributed by atoms with Crippen LogP contribution in [0.25, 0.3) is 0 Å². The average molecular weight is 282 g/mol. The molecular formula is C12H14N2O2S2. The first kappa shape index (κ1) is 13.0. The molecular weight excluding hydrogens is 268 g/mol. The third kappa shape index (κ3) is 3.08. The largest absolute Gasteiger partial charge is 0.380 e. The van der Waals surface area contributed by atoms with Crippen LogP contribution in [0.3, 0.4) is 0 Å². The number of rotatable bonds is 4. The van der Waals surface area contributed by atoms with E-state index in [0.29, 0.717) is 11.4 Å². The highest BCUT2D eigenvalue weighted by Gasteiger charge is 2.07. The summed E-state index contributed by atoms with van der Waals surface area (Å²) in [6, 6.07) is 6.83. The van der Waals surface area contributed by atoms with Crippen LogP contribution in [0.15, 0.2) is 34.7 Å². The van der Waals surface area contributed by atoms with Gasteiger partial charge in [0.2, 0.25) is 0 Å². The van der Waals surface area contributed by atoms with Crippen LogP contribution in [0.4, 0.5) is 5.69 Å². The summed E-state index contributed by atoms with van der Waals surface area (Å²) < 4.78 is 22.9. The molecule has 2 aromatic rings. The molecule has 0 fully saturated rings. The first-order chi connectivity index (χ1) is 8.47. The van der Waals surface area contributed by atoms with Crippen LogP contribution >= 0.6 is 11.3 Å². The van der Waals surface area contributed by atoms with Crippen LogP contribution in [0.5, 0.6) is 0 Å². The van der Waals surface area contributed by atoms with Gasteiger partial charge in [0.1, 0.15) is 0 Å². The zero-order chi connectivity index (χ0) is 13.2. The van der Waals surface area contributed by atoms with Crippen molar-refractivity contribution in [2.24, 2.45) is 0 Å². The van der Waals surface area contributed by atoms with Gasteiger partial charge in [-0.1, -0.05) is 6.07 Å². The second kappa shape index (κ2) is 5.07. The molecule has 0 amide bonds. The van der Waals surface area contributed by atoms with Crippen LogP contribution in [0, 0.1) is 6.92 Å². The molecule has 0 spiro atoms. The van der Waals surface area contributed by atoms with Crippen molar-refractivity contribution in [2.75, 3.05) is 11.6 Å². The van der Waals surface area contributed by atoms with Gasteiger partial charge in [0.25, 0.3) is 0 Å². The van der Waals surface area contributed by atoms with Crippen molar-refractivity contribution in [1.29, 1.82) is 0 Å². The molecule has 1 aromatic carbocycles. The highest BCUT2D eigenvalue weighted by atomic mass is 32.2. The Kier molecular flexibility index (Phi) is 3.68. The maximum absolute atomic E-state index is 11.4. The number of nitrogens with one attached hydrogen (secondary N) is 1. The zero-order valence-electron chi connectivity index (χ0n) is 10.2. The van der Waals surface area contributed by atoms with E-state index in [2.05, 4.69) is 10.3 Å². The second-order valence-electron chi connectivity index (χ2n) is 4.01. The van der Waals surface area contributed by atoms with Crippen molar-refractivity contribution < 1.29 is 8.42 Å². The highest BCUT2D eigenvalue weighted by Crippen LogP contribution is 2.18. The minimum Gasteiger partial charge on any atom is -0.380 e. The third-order valence-corrected chi connectivity index (χ3v) is 4.61. The second-order valence-corrected chi connectivity index (χ2v) is 6.97. The van der Waals surface area contributed by atoms with Crippen LogP contribution < -0.4 is 5.32 Å². The Labute approximate surface area is 111 Å². The van der Waals surface area contributed by atoms with Gasteiger partial charge in [-0.25, -0.2) is 13.4 Å². The lowest BCUT2D eigenvalue weighted by Gasteiger charge is -2.07. The Bertz CT molecular complexity index is 648. The zero-order valence-corrected chi connectivity index (χ0v) is 11.8. The van der Waals surface area contributed by atoms with Crippen molar-refractivity contribution in [1.82, 2.24) is 4.98 Å². The predicted octanol–water partition coefficient (Wildman–Crippen LogP) is 2.47. The first-order valence-corrected chi connectivity index (χ1v) is 8.17. The van der Waals surface area contributed by atoms with Crippen LogP contribution in [-0.2, 0) is 16.4 Å². The van der Waals surface area contributed by atoms with E-state index in [1.54, 1.807) is 35.0 Å². The van der Waals surface area contributed by atoms with Crippen LogP contribution in [0.2, 0.25) is 0 Å². The number of aromatic nitrogens is 1. The predicted molar refractivity (Wildman–Crippen MR) is 73.7 cm³/mol. The van der Waals surface area contributed by atoms with Gasteiger partial charge in [0.15, 0.2) is 9.84 Å². The smallest absolute Gasteiger partial charge is 0.175 e. The van der Waals surface area contributed by atoms with Gasteiger partial charge < -0.3 is 5.32 Å². The van der Waals surface area contributed by atoms with Gasteiger partial charge in [-0.2, -0.15) is 0 Å². The number of anilines is 1. The lowest BCUT2D eigenvalue weighted by molar-refractivity contribution is 0.602. The number of benzene rings is 1. The molecule has 1 N–H and O–H groups in total. The number of hydrogen-bond acceptors (Lipinski definition) is 5. The number of hydrogen-bond donors (Lipinski definition) is 1. The molecule has 96 valence electrons. The molecule has 4 nitrogen and oxygen atoms in total. The van der Waals surface area contributed by atoms with E-state index in [0.717, 1.165) is 16.3 Å². The molecule has 0 bridgehead atoms. The highest BCUT2D eigenvalue weighted by molar-refractivity contribution is 7.90. The number of sulfone groups is 1. The van der Waals surface area contributed by atoms with Gasteiger partial charge in [0, 0.05) is 16.8 Å². The summed E-state index contributed by atoms with van der Waals surface area (Å²) in [4.78, 5) is 5.65. The van der Waals surface area contributed by atoms with Crippen molar-refractivity contribution in [3.05, 3.63) is 40.3 Å². The summed E-state index contributed by atoms with van der Waals surface area (Å²) in [5.41, 5.74) is 3.61. The number of nitrogens with zero attached hydrogens (tertiary/aromatic N) is 1. The quantitative estimate of drug-likeness (QED) is 0.936. The topological polar surface area (TPSA) is 59.1 Å². The van der Waals surface area contributed by atoms with Crippen molar-refractivity contribution in [2.45, 2.75) is 18.4 Å². The normalized spacial score (nSPS) is 11.4. The monoisotopic (exact) mass is 282 g/mol. The Morgan fingerprint density at radius 1 is 1.39 bits per heavy atom. The van der Waals surface area contributed by atoms with Gasteiger partial charge in [0.05, 0.1) is 22.6 Å². The summed E-state index contributed by atoms with van der Waals surface area (Å²) in [5, 5.41) is 3.21. The lowest BCUT2D eigenvalue weighted by atomic mass is 10.3. The van der Waals surface area contributed by atoms with Crippen molar-refractivity contribution >= 4 is 26.9 Å². The standard InChI is InChI=1S/C12H14N2O2S2/c1-9-12(17-8-14-9)7-13-10-4-3-5-11(6-10)18(2,15)16/h3-6,8,13H,7H2,1-2H3. The maximum atomic E-state index is 11.4. The molecule has 0 atom stereocenters. The molecule has 1 heterocycles. The van der Waals surface area contributed by atoms with Gasteiger partial charge in [-0.3, -0.25) is 0 Å². The van der Waals surface area contributed by atoms with Crippen molar-refractivity contribution in [3.63, 3.8) is 0 Å². The van der Waals surface area contributed by atoms with Gasteiger partial charge in [-0.05, 0) is 25.1 Å². The van der Waals surface area contributed by atoms with E-state index in [9.17, 15) is 8.42 Å². The average Bonchev–Trinajstić information content (AvgIpc) is 2.72. The fourth-order valence-electron chi connectivity index (χ4n) is 1.51. The summed E-state index contributed by atoms with van der Waals surface area (Å²) in [6.45, 7) is 2.62. The summed E-state index contributed by atoms with van der Waals surface area (Å²) in [6.07, 6.45) is 1.21. The number of thiazole rings is 1. The summed E-state index contributed by atoms with van der Waals surface area (Å²) in [7, 11) is -3.16. The first-order valence-electron chi connectivity index (χ1n) is 5.40. The molecule has 1 aromatic heterocycles. The third-order valence-electron chi connectivity index (χ3n) is 2.56. The molecule has 2 rings (SSSR count). The fraction of sp³-hybridized carbons (Fsp3) is 0.250. The Hall–Kier alpha value is -1.40. The lowest BCUT2D eigenvalue weighted by Crippen LogP contribution is -2.01. The van der Waals surface area contributed by atoms with E-state index >= 15 is 0 Å². The van der Waals surface area contributed by atoms with E-state index < -0.39 is 9.84 Å². The Morgan fingerprint density at radius 2 is 2.17 bits per heavy atom. The molecule has 0 saturated carbocycles. The molecule has 0 saturated heterocycles. The minimum atomic E-state index is -3.16. The molecule has 0 unspecified atom stereocenters. The van der Waals surface area contributed by atoms with Crippen LogP contribution in [-0.4, -0.2) is 19.7 Å². The molecule has 0 aliphatic heterocycles. The fourth-order valence-corrected chi connectivity index (χ4v) is 2.90. The number of aryl methyl sites for hydroxylation is 1. The maximum Gasteiger partial charge on any atom is 0.175 e. The van der Waals surface area contributed by atoms with Gasteiger partial charge in [-0.15, -0.1) is 11.3 Å². The Balaban J connectivity index is 2.13. The van der Waals surface area contributed by atoms with E-state index in [1.807, 2.05) is 13.0 Å². The summed E-state index contributed by atoms with van der Waals surface area (Å²) >= 11 is 1.59. The van der Waals surface area contributed by atoms with Gasteiger partial charge >= 0.3 is 0 Å². The van der Waals surface area contributed by atoms with Crippen molar-refractivity contribution in [3.8, 4) is 0 Å².